The lowest BCUT2D eigenvalue weighted by Crippen LogP contribution is -2.44. The van der Waals surface area contributed by atoms with Crippen molar-refractivity contribution in [1.29, 1.82) is 0 Å². The molecule has 1 aliphatic heterocycles. The van der Waals surface area contributed by atoms with Gasteiger partial charge in [0.1, 0.15) is 0 Å². The normalized spacial score (nSPS) is 17.9. The number of pyridine rings is 1. The summed E-state index contributed by atoms with van der Waals surface area (Å²) in [7, 11) is 2.14. The summed E-state index contributed by atoms with van der Waals surface area (Å²) in [6.45, 7) is 4.33. The lowest BCUT2D eigenvalue weighted by molar-refractivity contribution is -0.0182. The fraction of sp³-hybridized carbons (Fsp3) is 0.333. The van der Waals surface area contributed by atoms with E-state index >= 15 is 0 Å². The van der Waals surface area contributed by atoms with Gasteiger partial charge in [-0.05, 0) is 31.3 Å². The summed E-state index contributed by atoms with van der Waals surface area (Å²) < 4.78 is 7.78. The molecule has 2 aromatic heterocycles. The molecule has 6 nitrogen and oxygen atoms in total. The molecule has 1 atom stereocenters. The van der Waals surface area contributed by atoms with Crippen LogP contribution >= 0.6 is 0 Å². The number of hydrogen-bond donors (Lipinski definition) is 1. The lowest BCUT2D eigenvalue weighted by atomic mass is 10.1. The minimum atomic E-state index is 0.231. The second kappa shape index (κ2) is 8.43. The van der Waals surface area contributed by atoms with E-state index < -0.39 is 0 Å². The van der Waals surface area contributed by atoms with Crippen molar-refractivity contribution in [2.24, 2.45) is 0 Å². The van der Waals surface area contributed by atoms with E-state index in [-0.39, 0.29) is 6.10 Å². The summed E-state index contributed by atoms with van der Waals surface area (Å²) in [5, 5.41) is 8.37. The van der Waals surface area contributed by atoms with E-state index in [2.05, 4.69) is 40.6 Å². The molecule has 4 rings (SSSR count). The molecule has 0 aliphatic carbocycles. The maximum atomic E-state index is 5.84. The number of ether oxygens (including phenoxy) is 1. The zero-order chi connectivity index (χ0) is 18.5. The first-order valence-electron chi connectivity index (χ1n) is 9.35. The molecule has 0 unspecified atom stereocenters. The summed E-state index contributed by atoms with van der Waals surface area (Å²) in [5.41, 5.74) is 4.18. The summed E-state index contributed by atoms with van der Waals surface area (Å²) in [5.74, 6) is 0. The van der Waals surface area contributed by atoms with Gasteiger partial charge < -0.3 is 15.0 Å². The molecule has 0 amide bonds. The van der Waals surface area contributed by atoms with Gasteiger partial charge in [-0.1, -0.05) is 18.2 Å². The minimum absolute atomic E-state index is 0.231. The van der Waals surface area contributed by atoms with Crippen LogP contribution in [0.1, 0.15) is 5.56 Å². The molecule has 1 saturated heterocycles. The van der Waals surface area contributed by atoms with E-state index in [1.165, 1.54) is 0 Å². The number of benzene rings is 1. The maximum absolute atomic E-state index is 5.84. The Kier molecular flexibility index (Phi) is 5.58. The summed E-state index contributed by atoms with van der Waals surface area (Å²) in [6.07, 6.45) is 5.97. The Morgan fingerprint density at radius 2 is 2.07 bits per heavy atom. The largest absolute Gasteiger partial charge is 0.374 e. The van der Waals surface area contributed by atoms with Gasteiger partial charge in [-0.2, -0.15) is 5.10 Å². The number of aromatic nitrogens is 3. The highest BCUT2D eigenvalue weighted by Gasteiger charge is 2.18. The molecule has 140 valence electrons. The highest BCUT2D eigenvalue weighted by molar-refractivity contribution is 5.62. The van der Waals surface area contributed by atoms with Crippen molar-refractivity contribution < 1.29 is 4.74 Å². The van der Waals surface area contributed by atoms with Gasteiger partial charge >= 0.3 is 0 Å². The molecule has 1 N–H and O–H groups in total. The molecule has 6 heteroatoms. The first-order valence-corrected chi connectivity index (χ1v) is 9.35. The number of likely N-dealkylation sites (N-methyl/N-ethyl adjacent to an activating group) is 1. The van der Waals surface area contributed by atoms with Gasteiger partial charge in [0.25, 0.3) is 0 Å². The van der Waals surface area contributed by atoms with Crippen molar-refractivity contribution in [2.75, 3.05) is 33.3 Å². The molecule has 1 aliphatic rings. The van der Waals surface area contributed by atoms with Crippen LogP contribution in [-0.2, 0) is 11.3 Å². The Morgan fingerprint density at radius 1 is 1.19 bits per heavy atom. The van der Waals surface area contributed by atoms with Crippen LogP contribution in [0.3, 0.4) is 0 Å². The van der Waals surface area contributed by atoms with Crippen molar-refractivity contribution in [3.63, 3.8) is 0 Å². The number of rotatable bonds is 6. The first-order chi connectivity index (χ1) is 13.3. The molecule has 1 fully saturated rings. The molecule has 0 saturated carbocycles. The van der Waals surface area contributed by atoms with Crippen LogP contribution in [0.2, 0.25) is 0 Å². The van der Waals surface area contributed by atoms with Gasteiger partial charge in [0.05, 0.1) is 24.1 Å². The van der Waals surface area contributed by atoms with Gasteiger partial charge in [0.2, 0.25) is 0 Å². The van der Waals surface area contributed by atoms with Gasteiger partial charge in [-0.25, -0.2) is 4.68 Å². The smallest absolute Gasteiger partial charge is 0.0988 e. The Balaban J connectivity index is 1.52. The van der Waals surface area contributed by atoms with Crippen LogP contribution in [0.4, 0.5) is 0 Å². The predicted octanol–water partition coefficient (Wildman–Crippen LogP) is 2.35. The van der Waals surface area contributed by atoms with E-state index in [4.69, 9.17) is 9.84 Å². The average Bonchev–Trinajstić information content (AvgIpc) is 3.14. The van der Waals surface area contributed by atoms with E-state index in [9.17, 15) is 0 Å². The third-order valence-corrected chi connectivity index (χ3v) is 4.78. The Morgan fingerprint density at radius 3 is 2.85 bits per heavy atom. The number of para-hydroxylation sites is 1. The first kappa shape index (κ1) is 17.9. The van der Waals surface area contributed by atoms with Crippen LogP contribution in [0.15, 0.2) is 61.1 Å². The third kappa shape index (κ3) is 4.42. The third-order valence-electron chi connectivity index (χ3n) is 4.78. The zero-order valence-corrected chi connectivity index (χ0v) is 15.6. The maximum Gasteiger partial charge on any atom is 0.0988 e. The summed E-state index contributed by atoms with van der Waals surface area (Å²) in [4.78, 5) is 6.56. The average molecular weight is 363 g/mol. The van der Waals surface area contributed by atoms with Gasteiger partial charge in [0, 0.05) is 55.9 Å². The number of nitrogens with zero attached hydrogens (tertiary/aromatic N) is 4. The van der Waals surface area contributed by atoms with Crippen molar-refractivity contribution in [3.8, 4) is 16.9 Å². The predicted molar refractivity (Wildman–Crippen MR) is 106 cm³/mol. The summed E-state index contributed by atoms with van der Waals surface area (Å²) in [6, 6.07) is 14.2. The lowest BCUT2D eigenvalue weighted by Gasteiger charge is -2.30. The van der Waals surface area contributed by atoms with Gasteiger partial charge in [-0.15, -0.1) is 0 Å². The molecular formula is C21H25N5O. The van der Waals surface area contributed by atoms with Crippen molar-refractivity contribution >= 4 is 0 Å². The van der Waals surface area contributed by atoms with Crippen LogP contribution in [0.5, 0.6) is 0 Å². The highest BCUT2D eigenvalue weighted by Crippen LogP contribution is 2.23. The van der Waals surface area contributed by atoms with Crippen LogP contribution in [0.25, 0.3) is 16.9 Å². The van der Waals surface area contributed by atoms with Crippen LogP contribution in [0, 0.1) is 0 Å². The Bertz CT molecular complexity index is 850. The molecule has 3 aromatic rings. The second-order valence-electron chi connectivity index (χ2n) is 6.91. The monoisotopic (exact) mass is 363 g/mol. The molecular weight excluding hydrogens is 338 g/mol. The fourth-order valence-electron chi connectivity index (χ4n) is 3.36. The topological polar surface area (TPSA) is 55.2 Å². The molecule has 0 bridgehead atoms. The Labute approximate surface area is 159 Å². The Hall–Kier alpha value is -2.54. The highest BCUT2D eigenvalue weighted by atomic mass is 16.5. The van der Waals surface area contributed by atoms with Crippen molar-refractivity contribution in [1.82, 2.24) is 25.0 Å². The van der Waals surface area contributed by atoms with Crippen molar-refractivity contribution in [3.05, 3.63) is 66.6 Å². The molecule has 3 heterocycles. The van der Waals surface area contributed by atoms with Crippen LogP contribution in [-0.4, -0.2) is 59.1 Å². The molecule has 0 radical (unpaired) electrons. The van der Waals surface area contributed by atoms with E-state index in [1.54, 1.807) is 6.20 Å². The standard InChI is InChI=1S/C21H25N5O/c1-25-10-11-27-20(16-25)14-23-13-18-15-26(19-7-3-2-4-8-19)24-21(18)17-6-5-9-22-12-17/h2-9,12,15,20,23H,10-11,13-14,16H2,1H3/t20-/m1/s1. The molecule has 1 aromatic carbocycles. The number of hydrogen-bond acceptors (Lipinski definition) is 5. The quantitative estimate of drug-likeness (QED) is 0.729. The second-order valence-corrected chi connectivity index (χ2v) is 6.91. The number of nitrogens with one attached hydrogen (secondary N) is 1. The summed E-state index contributed by atoms with van der Waals surface area (Å²) >= 11 is 0. The van der Waals surface area contributed by atoms with E-state index in [0.717, 1.165) is 55.3 Å². The minimum Gasteiger partial charge on any atom is -0.374 e. The number of morpholine rings is 1. The van der Waals surface area contributed by atoms with Crippen LogP contribution < -0.4 is 5.32 Å². The van der Waals surface area contributed by atoms with E-state index in [0.29, 0.717) is 0 Å². The van der Waals surface area contributed by atoms with Gasteiger partial charge in [-0.3, -0.25) is 4.98 Å². The van der Waals surface area contributed by atoms with E-state index in [1.807, 2.05) is 41.2 Å². The SMILES string of the molecule is CN1CCO[C@H](CNCc2cn(-c3ccccc3)nc2-c2cccnc2)C1. The molecule has 0 spiro atoms. The fourth-order valence-corrected chi connectivity index (χ4v) is 3.36. The van der Waals surface area contributed by atoms with Crippen molar-refractivity contribution in [2.45, 2.75) is 12.6 Å². The van der Waals surface area contributed by atoms with Gasteiger partial charge in [0.15, 0.2) is 0 Å². The molecule has 27 heavy (non-hydrogen) atoms. The zero-order valence-electron chi connectivity index (χ0n) is 15.6.